The zero-order valence-electron chi connectivity index (χ0n) is 35.3. The minimum Gasteiger partial charge on any atom is -0.0654 e. The second-order valence-corrected chi connectivity index (χ2v) is 16.9. The van der Waals surface area contributed by atoms with Crippen molar-refractivity contribution in [1.29, 1.82) is 0 Å². The second-order valence-electron chi connectivity index (χ2n) is 16.9. The van der Waals surface area contributed by atoms with E-state index < -0.39 is 0 Å². The number of fused-ring (bicyclic) bond motifs is 3. The van der Waals surface area contributed by atoms with E-state index in [1.54, 1.807) is 11.1 Å². The molecule has 0 aromatic heterocycles. The van der Waals surface area contributed by atoms with E-state index in [9.17, 15) is 0 Å². The van der Waals surface area contributed by atoms with Gasteiger partial charge in [0.2, 0.25) is 0 Å². The van der Waals surface area contributed by atoms with Crippen LogP contribution in [0.15, 0.2) is 146 Å². The molecule has 0 fully saturated rings. The van der Waals surface area contributed by atoms with E-state index in [0.717, 1.165) is 0 Å². The van der Waals surface area contributed by atoms with Crippen LogP contribution in [-0.2, 0) is 5.41 Å². The van der Waals surface area contributed by atoms with E-state index in [4.69, 9.17) is 0 Å². The molecule has 1 aliphatic rings. The van der Waals surface area contributed by atoms with E-state index in [1.807, 2.05) is 0 Å². The minimum atomic E-state index is 0.0734. The van der Waals surface area contributed by atoms with E-state index in [2.05, 4.69) is 173 Å². The molecule has 6 aromatic rings. The molecule has 57 heavy (non-hydrogen) atoms. The van der Waals surface area contributed by atoms with Crippen molar-refractivity contribution in [3.05, 3.63) is 190 Å². The Hall–Kier alpha value is -4.94. The molecule has 7 rings (SSSR count). The first-order valence-corrected chi connectivity index (χ1v) is 22.3. The summed E-state index contributed by atoms with van der Waals surface area (Å²) in [6.45, 7) is 9.10. The van der Waals surface area contributed by atoms with Crippen LogP contribution in [0, 0.1) is 13.8 Å². The first-order valence-electron chi connectivity index (χ1n) is 22.3. The number of benzene rings is 6. The highest BCUT2D eigenvalue weighted by Crippen LogP contribution is 2.55. The van der Waals surface area contributed by atoms with Crippen LogP contribution in [-0.4, -0.2) is 0 Å². The first-order chi connectivity index (χ1) is 28.0. The molecule has 6 aromatic carbocycles. The Balaban J connectivity index is 1.29. The fraction of sp³-hybridized carbons (Fsp3) is 0.333. The van der Waals surface area contributed by atoms with Crippen molar-refractivity contribution in [3.8, 4) is 22.3 Å². The van der Waals surface area contributed by atoms with Crippen molar-refractivity contribution in [2.75, 3.05) is 0 Å². The molecule has 0 atom stereocenters. The third-order valence-corrected chi connectivity index (χ3v) is 12.7. The summed E-state index contributed by atoms with van der Waals surface area (Å²) in [5.74, 6) is 0. The highest BCUT2D eigenvalue weighted by atomic mass is 14.4. The molecular formula is C57H64. The van der Waals surface area contributed by atoms with Gasteiger partial charge in [0.25, 0.3) is 0 Å². The highest BCUT2D eigenvalue weighted by Gasteiger charge is 2.42. The smallest absolute Gasteiger partial charge is 0.0215 e. The number of rotatable bonds is 19. The number of unbranched alkanes of at least 4 members (excludes halogenated alkanes) is 10. The molecule has 0 saturated heterocycles. The summed E-state index contributed by atoms with van der Waals surface area (Å²) in [6, 6.07) is 55.1. The highest BCUT2D eigenvalue weighted by molar-refractivity contribution is 6.04. The van der Waals surface area contributed by atoms with E-state index >= 15 is 0 Å². The van der Waals surface area contributed by atoms with Gasteiger partial charge in [-0.3, -0.25) is 0 Å². The molecule has 292 valence electrons. The average molecular weight is 749 g/mol. The predicted molar refractivity (Wildman–Crippen MR) is 248 cm³/mol. The molecule has 0 heterocycles. The zero-order chi connectivity index (χ0) is 39.5. The molecule has 0 bridgehead atoms. The lowest BCUT2D eigenvalue weighted by Gasteiger charge is -2.33. The van der Waals surface area contributed by atoms with Gasteiger partial charge < -0.3 is 0 Å². The third kappa shape index (κ3) is 9.28. The Morgan fingerprint density at radius 1 is 0.368 bits per heavy atom. The van der Waals surface area contributed by atoms with Crippen molar-refractivity contribution in [2.45, 2.75) is 123 Å². The Morgan fingerprint density at radius 2 is 0.772 bits per heavy atom. The Kier molecular flexibility index (Phi) is 13.8. The average Bonchev–Trinajstić information content (AvgIpc) is 3.51. The van der Waals surface area contributed by atoms with Crippen LogP contribution < -0.4 is 0 Å². The van der Waals surface area contributed by atoms with Gasteiger partial charge in [0.15, 0.2) is 0 Å². The molecular weight excluding hydrogens is 685 g/mol. The standard InChI is InChI=1S/C57H64/c1-5-7-9-11-13-21-39-57(40-22-14-12-10-8-6-2)53-41-44(4)29-37-51(53)52-38-36-50(42-54(52)57)45-32-34-49(35-33-45)56(47-25-19-16-20-26-47)55(46-23-17-15-18-24-46)48-30-27-43(3)28-31-48/h15-20,23-38,41-42H,5-14,21-22,39-40H2,1-4H3/b56-55+. The summed E-state index contributed by atoms with van der Waals surface area (Å²) in [7, 11) is 0. The van der Waals surface area contributed by atoms with Gasteiger partial charge in [0.05, 0.1) is 0 Å². The van der Waals surface area contributed by atoms with Crippen LogP contribution in [0.3, 0.4) is 0 Å². The zero-order valence-corrected chi connectivity index (χ0v) is 35.3. The van der Waals surface area contributed by atoms with Gasteiger partial charge in [-0.15, -0.1) is 0 Å². The maximum absolute atomic E-state index is 2.60. The molecule has 0 heteroatoms. The maximum Gasteiger partial charge on any atom is 0.0215 e. The molecule has 0 amide bonds. The van der Waals surface area contributed by atoms with Crippen molar-refractivity contribution in [2.24, 2.45) is 0 Å². The van der Waals surface area contributed by atoms with Crippen molar-refractivity contribution in [3.63, 3.8) is 0 Å². The third-order valence-electron chi connectivity index (χ3n) is 12.7. The number of hydrogen-bond donors (Lipinski definition) is 0. The van der Waals surface area contributed by atoms with E-state index in [0.29, 0.717) is 0 Å². The van der Waals surface area contributed by atoms with Crippen LogP contribution in [0.25, 0.3) is 33.4 Å². The fourth-order valence-electron chi connectivity index (χ4n) is 9.54. The molecule has 1 aliphatic carbocycles. The minimum absolute atomic E-state index is 0.0734. The Labute approximate surface area is 345 Å². The van der Waals surface area contributed by atoms with Crippen molar-refractivity contribution >= 4 is 11.1 Å². The summed E-state index contributed by atoms with van der Waals surface area (Å²) < 4.78 is 0. The molecule has 0 N–H and O–H groups in total. The summed E-state index contributed by atoms with van der Waals surface area (Å²) >= 11 is 0. The maximum atomic E-state index is 2.60. The number of aryl methyl sites for hydroxylation is 2. The number of hydrogen-bond acceptors (Lipinski definition) is 0. The van der Waals surface area contributed by atoms with Gasteiger partial charge in [-0.2, -0.15) is 0 Å². The summed E-state index contributed by atoms with van der Waals surface area (Å²) in [5, 5.41) is 0. The second kappa shape index (κ2) is 19.5. The summed E-state index contributed by atoms with van der Waals surface area (Å²) in [6.07, 6.45) is 18.5. The molecule has 0 nitrogen and oxygen atoms in total. The van der Waals surface area contributed by atoms with Gasteiger partial charge >= 0.3 is 0 Å². The van der Waals surface area contributed by atoms with Gasteiger partial charge in [0, 0.05) is 5.41 Å². The lowest BCUT2D eigenvalue weighted by Crippen LogP contribution is -2.25. The molecule has 0 saturated carbocycles. The van der Waals surface area contributed by atoms with E-state index in [1.165, 1.54) is 157 Å². The summed E-state index contributed by atoms with van der Waals surface area (Å²) in [5.41, 5.74) is 18.9. The molecule has 0 aliphatic heterocycles. The van der Waals surface area contributed by atoms with Crippen molar-refractivity contribution < 1.29 is 0 Å². The van der Waals surface area contributed by atoms with Crippen molar-refractivity contribution in [1.82, 2.24) is 0 Å². The van der Waals surface area contributed by atoms with Crippen LogP contribution in [0.4, 0.5) is 0 Å². The topological polar surface area (TPSA) is 0 Å². The van der Waals surface area contributed by atoms with Crippen LogP contribution in [0.1, 0.15) is 148 Å². The van der Waals surface area contributed by atoms with Gasteiger partial charge in [-0.1, -0.05) is 242 Å². The first kappa shape index (κ1) is 40.3. The van der Waals surface area contributed by atoms with Crippen LogP contribution in [0.2, 0.25) is 0 Å². The molecule has 0 spiro atoms. The monoisotopic (exact) mass is 749 g/mol. The lowest BCUT2D eigenvalue weighted by atomic mass is 9.70. The lowest BCUT2D eigenvalue weighted by molar-refractivity contribution is 0.398. The van der Waals surface area contributed by atoms with Gasteiger partial charge in [0.1, 0.15) is 0 Å². The van der Waals surface area contributed by atoms with Gasteiger partial charge in [-0.05, 0) is 99.5 Å². The van der Waals surface area contributed by atoms with E-state index in [-0.39, 0.29) is 5.41 Å². The molecule has 0 unspecified atom stereocenters. The normalized spacial score (nSPS) is 13.3. The van der Waals surface area contributed by atoms with Gasteiger partial charge in [-0.25, -0.2) is 0 Å². The molecule has 0 radical (unpaired) electrons. The Morgan fingerprint density at radius 3 is 1.30 bits per heavy atom. The Bertz CT molecular complexity index is 2180. The summed E-state index contributed by atoms with van der Waals surface area (Å²) in [4.78, 5) is 0. The SMILES string of the molecule is CCCCCCCCC1(CCCCCCCC)c2cc(C)ccc2-c2ccc(-c3ccc(/C(=C(\c4ccccc4)c4ccc(C)cc4)c4ccccc4)cc3)cc21. The van der Waals surface area contributed by atoms with Crippen LogP contribution >= 0.6 is 0 Å². The predicted octanol–water partition coefficient (Wildman–Crippen LogP) is 16.7. The quantitative estimate of drug-likeness (QED) is 0.0572. The largest absolute Gasteiger partial charge is 0.0654 e. The van der Waals surface area contributed by atoms with Crippen LogP contribution in [0.5, 0.6) is 0 Å². The fourth-order valence-corrected chi connectivity index (χ4v) is 9.54.